The minimum absolute atomic E-state index is 0.0241. The van der Waals surface area contributed by atoms with Crippen molar-refractivity contribution in [3.8, 4) is 5.75 Å². The van der Waals surface area contributed by atoms with Crippen LogP contribution in [0.1, 0.15) is 28.8 Å². The van der Waals surface area contributed by atoms with Crippen LogP contribution in [-0.2, 0) is 6.54 Å². The molecule has 27 heavy (non-hydrogen) atoms. The van der Waals surface area contributed by atoms with Crippen LogP contribution in [0.25, 0.3) is 0 Å². The molecule has 0 unspecified atom stereocenters. The maximum absolute atomic E-state index is 13.2. The van der Waals surface area contributed by atoms with E-state index in [-0.39, 0.29) is 17.8 Å². The highest BCUT2D eigenvalue weighted by molar-refractivity contribution is 5.94. The van der Waals surface area contributed by atoms with Crippen molar-refractivity contribution in [3.63, 3.8) is 0 Å². The second kappa shape index (κ2) is 7.69. The molecule has 5 rings (SSSR count). The summed E-state index contributed by atoms with van der Waals surface area (Å²) in [6.07, 6.45) is 2.20. The monoisotopic (exact) mass is 368 g/mol. The summed E-state index contributed by atoms with van der Waals surface area (Å²) in [7, 11) is 1.67. The fourth-order valence-electron chi connectivity index (χ4n) is 4.30. The molecule has 1 amide bonds. The van der Waals surface area contributed by atoms with Crippen molar-refractivity contribution in [1.82, 2.24) is 9.80 Å². The zero-order valence-electron chi connectivity index (χ0n) is 15.6. The zero-order valence-corrected chi connectivity index (χ0v) is 15.6. The third-order valence-corrected chi connectivity index (χ3v) is 5.71. The van der Waals surface area contributed by atoms with Crippen LogP contribution >= 0.6 is 0 Å². The van der Waals surface area contributed by atoms with Crippen LogP contribution in [0, 0.1) is 11.7 Å². The molecule has 4 nitrogen and oxygen atoms in total. The van der Waals surface area contributed by atoms with Crippen LogP contribution in [-0.4, -0.2) is 48.5 Å². The predicted octanol–water partition coefficient (Wildman–Crippen LogP) is 3.57. The molecule has 3 saturated heterocycles. The molecule has 0 aliphatic carbocycles. The zero-order chi connectivity index (χ0) is 18.8. The second-order valence-corrected chi connectivity index (χ2v) is 7.60. The van der Waals surface area contributed by atoms with Gasteiger partial charge >= 0.3 is 0 Å². The van der Waals surface area contributed by atoms with E-state index in [2.05, 4.69) is 17.0 Å². The summed E-state index contributed by atoms with van der Waals surface area (Å²) >= 11 is 0. The number of carbonyl (C=O) groups excluding carboxylic acids is 1. The molecule has 3 aliphatic heterocycles. The number of nitrogens with zero attached hydrogens (tertiary/aromatic N) is 2. The van der Waals surface area contributed by atoms with Gasteiger partial charge in [-0.1, -0.05) is 12.1 Å². The molecular formula is C22H25FN2O2. The highest BCUT2D eigenvalue weighted by Gasteiger charge is 2.37. The van der Waals surface area contributed by atoms with Crippen molar-refractivity contribution in [2.75, 3.05) is 26.7 Å². The van der Waals surface area contributed by atoms with Crippen molar-refractivity contribution in [1.29, 1.82) is 0 Å². The average Bonchev–Trinajstić information content (AvgIpc) is 2.99. The minimum Gasteiger partial charge on any atom is -0.497 e. The van der Waals surface area contributed by atoms with Gasteiger partial charge in [0.05, 0.1) is 7.11 Å². The Bertz CT molecular complexity index is 791. The van der Waals surface area contributed by atoms with E-state index in [1.807, 2.05) is 17.0 Å². The van der Waals surface area contributed by atoms with E-state index in [4.69, 9.17) is 4.74 Å². The van der Waals surface area contributed by atoms with Crippen LogP contribution in [0.3, 0.4) is 0 Å². The van der Waals surface area contributed by atoms with E-state index in [0.717, 1.165) is 44.8 Å². The van der Waals surface area contributed by atoms with Crippen LogP contribution in [0.2, 0.25) is 0 Å². The van der Waals surface area contributed by atoms with E-state index in [0.29, 0.717) is 11.5 Å². The number of hydrogen-bond donors (Lipinski definition) is 0. The molecule has 0 aromatic heterocycles. The Hall–Kier alpha value is -2.40. The Balaban J connectivity index is 1.46. The summed E-state index contributed by atoms with van der Waals surface area (Å²) in [5, 5.41) is 0. The molecule has 0 spiro atoms. The third kappa shape index (κ3) is 3.98. The van der Waals surface area contributed by atoms with Gasteiger partial charge in [-0.3, -0.25) is 9.69 Å². The largest absolute Gasteiger partial charge is 0.497 e. The lowest BCUT2D eigenvalue weighted by atomic mass is 9.94. The predicted molar refractivity (Wildman–Crippen MR) is 102 cm³/mol. The molecule has 142 valence electrons. The lowest BCUT2D eigenvalue weighted by molar-refractivity contribution is 0.0585. The molecule has 5 heteroatoms. The summed E-state index contributed by atoms with van der Waals surface area (Å²) in [6.45, 7) is 3.57. The van der Waals surface area contributed by atoms with Gasteiger partial charge in [-0.05, 0) is 60.7 Å². The number of piperidine rings is 1. The van der Waals surface area contributed by atoms with Gasteiger partial charge in [0.2, 0.25) is 0 Å². The second-order valence-electron chi connectivity index (χ2n) is 7.60. The first-order chi connectivity index (χ1) is 13.1. The number of halogens is 1. The van der Waals surface area contributed by atoms with E-state index >= 15 is 0 Å². The lowest BCUT2D eigenvalue weighted by Crippen LogP contribution is -2.47. The van der Waals surface area contributed by atoms with E-state index in [1.165, 1.54) is 17.7 Å². The topological polar surface area (TPSA) is 32.8 Å². The Morgan fingerprint density at radius 3 is 2.48 bits per heavy atom. The molecule has 2 atom stereocenters. The van der Waals surface area contributed by atoms with Crippen LogP contribution in [0.15, 0.2) is 48.5 Å². The van der Waals surface area contributed by atoms with Crippen molar-refractivity contribution in [2.24, 2.45) is 5.92 Å². The fraction of sp³-hybridized carbons (Fsp3) is 0.409. The molecule has 3 fully saturated rings. The minimum atomic E-state index is -0.311. The molecule has 2 aromatic carbocycles. The quantitative estimate of drug-likeness (QED) is 0.827. The van der Waals surface area contributed by atoms with Crippen molar-refractivity contribution in [2.45, 2.75) is 25.4 Å². The van der Waals surface area contributed by atoms with Gasteiger partial charge < -0.3 is 9.64 Å². The van der Waals surface area contributed by atoms with Gasteiger partial charge in [0, 0.05) is 37.8 Å². The Kier molecular flexibility index (Phi) is 5.12. The Morgan fingerprint density at radius 1 is 1.04 bits per heavy atom. The number of benzene rings is 2. The molecule has 2 aromatic rings. The standard InChI is InChI=1S/C22H25FN2O2/c1-27-21-10-3-16(4-11-21)12-24-13-17-2-9-20(15-24)25(14-17)22(26)18-5-7-19(23)8-6-18/h3-8,10-11,17,20H,2,9,12-15H2,1H3/t17-,20+/m0/s1. The highest BCUT2D eigenvalue weighted by Crippen LogP contribution is 2.30. The molecule has 3 heterocycles. The molecule has 0 saturated carbocycles. The molecule has 3 aliphatic rings. The van der Waals surface area contributed by atoms with Crippen molar-refractivity contribution >= 4 is 5.91 Å². The Morgan fingerprint density at radius 2 is 1.78 bits per heavy atom. The number of fused-ring (bicyclic) bond motifs is 4. The maximum Gasteiger partial charge on any atom is 0.254 e. The lowest BCUT2D eigenvalue weighted by Gasteiger charge is -2.36. The highest BCUT2D eigenvalue weighted by atomic mass is 19.1. The number of carbonyl (C=O) groups is 1. The first-order valence-corrected chi connectivity index (χ1v) is 9.54. The number of hydrogen-bond acceptors (Lipinski definition) is 3. The van der Waals surface area contributed by atoms with Gasteiger partial charge in [-0.15, -0.1) is 0 Å². The first kappa shape index (κ1) is 18.0. The van der Waals surface area contributed by atoms with Gasteiger partial charge in [0.15, 0.2) is 0 Å². The third-order valence-electron chi connectivity index (χ3n) is 5.71. The van der Waals surface area contributed by atoms with Gasteiger partial charge in [0.25, 0.3) is 5.91 Å². The van der Waals surface area contributed by atoms with E-state index in [1.54, 1.807) is 19.2 Å². The van der Waals surface area contributed by atoms with Gasteiger partial charge in [0.1, 0.15) is 11.6 Å². The summed E-state index contributed by atoms with van der Waals surface area (Å²) in [5.41, 5.74) is 1.83. The average molecular weight is 368 g/mol. The number of methoxy groups -OCH3 is 1. The summed E-state index contributed by atoms with van der Waals surface area (Å²) in [6, 6.07) is 14.3. The van der Waals surface area contributed by atoms with Gasteiger partial charge in [-0.25, -0.2) is 4.39 Å². The number of rotatable bonds is 4. The molecular weight excluding hydrogens is 343 g/mol. The summed E-state index contributed by atoms with van der Waals surface area (Å²) < 4.78 is 18.4. The van der Waals surface area contributed by atoms with Crippen LogP contribution in [0.5, 0.6) is 5.75 Å². The Labute approximate surface area is 159 Å². The summed E-state index contributed by atoms with van der Waals surface area (Å²) in [5.74, 6) is 1.07. The smallest absolute Gasteiger partial charge is 0.254 e. The van der Waals surface area contributed by atoms with Crippen molar-refractivity contribution in [3.05, 3.63) is 65.5 Å². The van der Waals surface area contributed by atoms with Crippen molar-refractivity contribution < 1.29 is 13.9 Å². The SMILES string of the molecule is COc1ccc(CN2C[C@@H]3CC[C@H](C2)N(C(=O)c2ccc(F)cc2)C3)cc1. The van der Waals surface area contributed by atoms with E-state index < -0.39 is 0 Å². The maximum atomic E-state index is 13.2. The first-order valence-electron chi connectivity index (χ1n) is 9.54. The van der Waals surface area contributed by atoms with Crippen LogP contribution < -0.4 is 4.74 Å². The number of amides is 1. The molecule has 0 N–H and O–H groups in total. The number of ether oxygens (including phenoxy) is 1. The normalized spacial score (nSPS) is 22.5. The molecule has 0 radical (unpaired) electrons. The van der Waals surface area contributed by atoms with E-state index in [9.17, 15) is 9.18 Å². The molecule has 2 bridgehead atoms. The van der Waals surface area contributed by atoms with Gasteiger partial charge in [-0.2, -0.15) is 0 Å². The van der Waals surface area contributed by atoms with Crippen LogP contribution in [0.4, 0.5) is 4.39 Å². The fourth-order valence-corrected chi connectivity index (χ4v) is 4.30. The summed E-state index contributed by atoms with van der Waals surface area (Å²) in [4.78, 5) is 17.4.